The van der Waals surface area contributed by atoms with E-state index < -0.39 is 10.6 Å². The Morgan fingerprint density at radius 1 is 1.41 bits per heavy atom. The second-order valence-electron chi connectivity index (χ2n) is 6.73. The summed E-state index contributed by atoms with van der Waals surface area (Å²) in [7, 11) is -1.50. The van der Waals surface area contributed by atoms with Crippen molar-refractivity contribution in [2.45, 2.75) is 45.6 Å². The molecule has 0 radical (unpaired) electrons. The Labute approximate surface area is 104 Å². The lowest BCUT2D eigenvalue weighted by molar-refractivity contribution is -0.132. The maximum Gasteiger partial charge on any atom is 0.329 e. The number of hydrogen-bond donors (Lipinski definition) is 0. The van der Waals surface area contributed by atoms with Crippen LogP contribution in [0.5, 0.6) is 0 Å². The predicted octanol–water partition coefficient (Wildman–Crippen LogP) is 2.79. The average Bonchev–Trinajstić information content (AvgIpc) is 2.89. The summed E-state index contributed by atoms with van der Waals surface area (Å²) in [4.78, 5) is 11.4. The second kappa shape index (κ2) is 2.85. The Morgan fingerprint density at radius 2 is 2.24 bits per heavy atom. The van der Waals surface area contributed by atoms with E-state index in [1.807, 2.05) is 0 Å². The van der Waals surface area contributed by atoms with E-state index >= 15 is 0 Å². The predicted molar refractivity (Wildman–Crippen MR) is 66.5 cm³/mol. The highest BCUT2D eigenvalue weighted by Gasteiger charge is 2.71. The molecule has 2 heterocycles. The molecular formula is C13H20O3S. The molecule has 4 rings (SSSR count). The van der Waals surface area contributed by atoms with Crippen molar-refractivity contribution in [3.63, 3.8) is 0 Å². The average molecular weight is 256 g/mol. The van der Waals surface area contributed by atoms with Crippen molar-refractivity contribution < 1.29 is 13.2 Å². The third-order valence-corrected chi connectivity index (χ3v) is 8.84. The molecule has 1 unspecified atom stereocenters. The van der Waals surface area contributed by atoms with Crippen molar-refractivity contribution in [2.24, 2.45) is 16.7 Å². The number of carbonyl (C=O) groups excluding carboxylic acids is 1. The zero-order valence-corrected chi connectivity index (χ0v) is 11.3. The van der Waals surface area contributed by atoms with Crippen LogP contribution in [0.25, 0.3) is 0 Å². The van der Waals surface area contributed by atoms with E-state index in [1.165, 1.54) is 19.3 Å². The van der Waals surface area contributed by atoms with Gasteiger partial charge in [0, 0.05) is 5.41 Å². The fraction of sp³-hybridized carbons (Fsp3) is 0.923. The first-order chi connectivity index (χ1) is 7.98. The van der Waals surface area contributed by atoms with Crippen molar-refractivity contribution in [3.8, 4) is 0 Å². The number of carbonyl (C=O) groups is 1. The summed E-state index contributed by atoms with van der Waals surface area (Å²) in [6.45, 7) is 4.81. The van der Waals surface area contributed by atoms with Gasteiger partial charge in [-0.2, -0.15) is 0 Å². The van der Waals surface area contributed by atoms with Crippen LogP contribution in [0.3, 0.4) is 0 Å². The standard InChI is InChI=1S/C13H20O3S/c1-12(2)9-3-5-13(12)8-17(15-10(13)7-9)6-4-11(14)16-17/h9-10H,3-8H2,1-2H3/t9-,10-,13-/m1/s1. The van der Waals surface area contributed by atoms with Crippen LogP contribution in [0.1, 0.15) is 39.5 Å². The Balaban J connectivity index is 1.72. The molecule has 0 aromatic carbocycles. The van der Waals surface area contributed by atoms with Gasteiger partial charge in [-0.25, -0.2) is 0 Å². The lowest BCUT2D eigenvalue weighted by Crippen LogP contribution is -2.37. The van der Waals surface area contributed by atoms with Crippen molar-refractivity contribution in [1.82, 2.24) is 0 Å². The molecule has 2 saturated heterocycles. The maximum atomic E-state index is 11.4. The van der Waals surface area contributed by atoms with Gasteiger partial charge >= 0.3 is 5.97 Å². The van der Waals surface area contributed by atoms with Crippen LogP contribution >= 0.6 is 10.6 Å². The van der Waals surface area contributed by atoms with E-state index in [2.05, 4.69) is 13.8 Å². The van der Waals surface area contributed by atoms with Gasteiger partial charge < -0.3 is 4.18 Å². The molecule has 0 aromatic heterocycles. The third-order valence-electron chi connectivity index (χ3n) is 5.99. The van der Waals surface area contributed by atoms with Gasteiger partial charge in [-0.3, -0.25) is 8.98 Å². The smallest absolute Gasteiger partial charge is 0.329 e. The molecule has 4 aliphatic rings. The zero-order chi connectivity index (χ0) is 11.9. The molecule has 2 aliphatic carbocycles. The lowest BCUT2D eigenvalue weighted by Gasteiger charge is -2.39. The molecule has 4 heteroatoms. The molecule has 2 saturated carbocycles. The van der Waals surface area contributed by atoms with Gasteiger partial charge in [0.15, 0.2) is 0 Å². The zero-order valence-electron chi connectivity index (χ0n) is 10.5. The first-order valence-electron chi connectivity index (χ1n) is 6.67. The summed E-state index contributed by atoms with van der Waals surface area (Å²) in [6.07, 6.45) is 4.76. The second-order valence-corrected chi connectivity index (χ2v) is 9.27. The monoisotopic (exact) mass is 256 g/mol. The summed E-state index contributed by atoms with van der Waals surface area (Å²) in [6, 6.07) is 0. The first kappa shape index (κ1) is 10.7. The van der Waals surface area contributed by atoms with E-state index in [0.29, 0.717) is 23.4 Å². The molecule has 3 nitrogen and oxygen atoms in total. The van der Waals surface area contributed by atoms with Gasteiger partial charge in [0.1, 0.15) is 0 Å². The highest BCUT2D eigenvalue weighted by molar-refractivity contribution is 8.26. The Kier molecular flexibility index (Phi) is 1.79. The van der Waals surface area contributed by atoms with Gasteiger partial charge in [0.25, 0.3) is 0 Å². The molecule has 96 valence electrons. The Hall–Kier alpha value is -0.220. The lowest BCUT2D eigenvalue weighted by atomic mass is 9.70. The summed E-state index contributed by atoms with van der Waals surface area (Å²) < 4.78 is 11.9. The van der Waals surface area contributed by atoms with Crippen molar-refractivity contribution in [3.05, 3.63) is 0 Å². The molecule has 2 spiro atoms. The van der Waals surface area contributed by atoms with Crippen LogP contribution in [0, 0.1) is 16.7 Å². The van der Waals surface area contributed by atoms with Gasteiger partial charge in [0.05, 0.1) is 24.0 Å². The molecule has 0 N–H and O–H groups in total. The summed E-state index contributed by atoms with van der Waals surface area (Å²) in [5.74, 6) is 2.66. The molecule has 0 amide bonds. The maximum absolute atomic E-state index is 11.4. The van der Waals surface area contributed by atoms with Crippen LogP contribution in [0.4, 0.5) is 0 Å². The number of hydrogen-bond acceptors (Lipinski definition) is 3. The Bertz CT molecular complexity index is 407. The first-order valence-corrected chi connectivity index (χ1v) is 8.49. The largest absolute Gasteiger partial charge is 0.353 e. The van der Waals surface area contributed by atoms with Gasteiger partial charge in [-0.05, 0) is 30.6 Å². The van der Waals surface area contributed by atoms with Gasteiger partial charge in [-0.1, -0.05) is 13.8 Å². The minimum atomic E-state index is -1.50. The number of fused-ring (bicyclic) bond motifs is 1. The molecule has 4 fully saturated rings. The van der Waals surface area contributed by atoms with E-state index in [4.69, 9.17) is 8.37 Å². The fourth-order valence-electron chi connectivity index (χ4n) is 4.78. The fourth-order valence-corrected chi connectivity index (χ4v) is 8.34. The molecule has 2 aliphatic heterocycles. The van der Waals surface area contributed by atoms with Crippen molar-refractivity contribution in [2.75, 3.05) is 11.5 Å². The van der Waals surface area contributed by atoms with Gasteiger partial charge in [0.2, 0.25) is 0 Å². The minimum absolute atomic E-state index is 0.0382. The van der Waals surface area contributed by atoms with Crippen LogP contribution in [-0.2, 0) is 13.2 Å². The summed E-state index contributed by atoms with van der Waals surface area (Å²) in [5.41, 5.74) is 0.695. The summed E-state index contributed by atoms with van der Waals surface area (Å²) in [5, 5.41) is 0. The van der Waals surface area contributed by atoms with Crippen LogP contribution in [0.2, 0.25) is 0 Å². The highest BCUT2D eigenvalue weighted by atomic mass is 32.3. The SMILES string of the molecule is CC1(C)[C@@H]2CC[C@]13CS1(CCC(=O)O1)O[C@@H]3C2. The normalized spacial score (nSPS) is 58.1. The van der Waals surface area contributed by atoms with E-state index in [0.717, 1.165) is 17.4 Å². The van der Waals surface area contributed by atoms with Crippen LogP contribution in [0.15, 0.2) is 0 Å². The van der Waals surface area contributed by atoms with Crippen LogP contribution in [-0.4, -0.2) is 23.6 Å². The molecule has 17 heavy (non-hydrogen) atoms. The molecular weight excluding hydrogens is 236 g/mol. The van der Waals surface area contributed by atoms with Crippen LogP contribution < -0.4 is 0 Å². The summed E-state index contributed by atoms with van der Waals surface area (Å²) >= 11 is 0. The van der Waals surface area contributed by atoms with E-state index in [-0.39, 0.29) is 5.97 Å². The quantitative estimate of drug-likeness (QED) is 0.668. The van der Waals surface area contributed by atoms with Crippen molar-refractivity contribution in [1.29, 1.82) is 0 Å². The molecule has 0 aromatic rings. The molecule has 4 atom stereocenters. The van der Waals surface area contributed by atoms with E-state index in [1.54, 1.807) is 0 Å². The number of rotatable bonds is 0. The molecule has 2 bridgehead atoms. The van der Waals surface area contributed by atoms with Gasteiger partial charge in [-0.15, -0.1) is 10.6 Å². The third kappa shape index (κ3) is 1.08. The topological polar surface area (TPSA) is 35.5 Å². The van der Waals surface area contributed by atoms with Crippen molar-refractivity contribution >= 4 is 16.6 Å². The highest BCUT2D eigenvalue weighted by Crippen LogP contribution is 2.78. The minimum Gasteiger partial charge on any atom is -0.353 e. The Morgan fingerprint density at radius 3 is 2.82 bits per heavy atom. The van der Waals surface area contributed by atoms with E-state index in [9.17, 15) is 4.79 Å².